The van der Waals surface area contributed by atoms with Gasteiger partial charge in [-0.25, -0.2) is 8.42 Å². The van der Waals surface area contributed by atoms with Crippen molar-refractivity contribution in [2.75, 3.05) is 12.4 Å². The Morgan fingerprint density at radius 2 is 1.86 bits per heavy atom. The molecule has 0 aliphatic carbocycles. The Bertz CT molecular complexity index is 1180. The number of oxazole rings is 1. The highest BCUT2D eigenvalue weighted by Crippen LogP contribution is 2.35. The zero-order valence-electron chi connectivity index (χ0n) is 14.8. The lowest BCUT2D eigenvalue weighted by molar-refractivity contribution is 0.415. The van der Waals surface area contributed by atoms with Crippen LogP contribution in [-0.4, -0.2) is 20.5 Å². The molecule has 0 atom stereocenters. The average molecular weight is 412 g/mol. The molecule has 8 heteroatoms. The second-order valence-corrected chi connectivity index (χ2v) is 8.62. The molecule has 0 spiro atoms. The largest absolute Gasteiger partial charge is 0.497 e. The molecule has 2 heterocycles. The first-order valence-corrected chi connectivity index (χ1v) is 10.7. The Balaban J connectivity index is 1.82. The van der Waals surface area contributed by atoms with Crippen LogP contribution in [0.25, 0.3) is 10.8 Å². The molecule has 0 fully saturated rings. The maximum Gasteiger partial charge on any atom is 0.240 e. The minimum Gasteiger partial charge on any atom is -0.497 e. The Labute approximate surface area is 166 Å². The van der Waals surface area contributed by atoms with Crippen LogP contribution in [-0.2, 0) is 9.84 Å². The summed E-state index contributed by atoms with van der Waals surface area (Å²) < 4.78 is 37.4. The van der Waals surface area contributed by atoms with Crippen LogP contribution in [0, 0.1) is 0 Å². The quantitative estimate of drug-likeness (QED) is 0.481. The molecule has 0 aliphatic heterocycles. The minimum absolute atomic E-state index is 0.0560. The molecule has 28 heavy (non-hydrogen) atoms. The molecule has 0 saturated heterocycles. The van der Waals surface area contributed by atoms with Crippen LogP contribution in [0.15, 0.2) is 86.4 Å². The van der Waals surface area contributed by atoms with Crippen molar-refractivity contribution < 1.29 is 17.6 Å². The molecule has 1 N–H and O–H groups in total. The van der Waals surface area contributed by atoms with Crippen molar-refractivity contribution in [1.29, 1.82) is 0 Å². The summed E-state index contributed by atoms with van der Waals surface area (Å²) in [5, 5.41) is 4.73. The van der Waals surface area contributed by atoms with Gasteiger partial charge in [0.1, 0.15) is 5.75 Å². The summed E-state index contributed by atoms with van der Waals surface area (Å²) in [5.74, 6) is 0.936. The summed E-state index contributed by atoms with van der Waals surface area (Å²) in [4.78, 5) is 5.19. The highest BCUT2D eigenvalue weighted by atomic mass is 32.2. The molecule has 4 aromatic rings. The Hall–Kier alpha value is -3.10. The van der Waals surface area contributed by atoms with Crippen molar-refractivity contribution in [1.82, 2.24) is 4.98 Å². The van der Waals surface area contributed by atoms with Crippen LogP contribution in [0.1, 0.15) is 0 Å². The first-order valence-electron chi connectivity index (χ1n) is 8.34. The van der Waals surface area contributed by atoms with Gasteiger partial charge in [0, 0.05) is 11.8 Å². The number of benzene rings is 2. The van der Waals surface area contributed by atoms with Crippen molar-refractivity contribution in [2.45, 2.75) is 9.92 Å². The summed E-state index contributed by atoms with van der Waals surface area (Å²) in [6, 6.07) is 19.0. The van der Waals surface area contributed by atoms with Crippen molar-refractivity contribution in [2.24, 2.45) is 0 Å². The highest BCUT2D eigenvalue weighted by molar-refractivity contribution is 7.91. The molecule has 0 aliphatic rings. The second kappa shape index (κ2) is 7.49. The lowest BCUT2D eigenvalue weighted by Gasteiger charge is -2.07. The van der Waals surface area contributed by atoms with Crippen LogP contribution >= 0.6 is 11.3 Å². The van der Waals surface area contributed by atoms with E-state index in [-0.39, 0.29) is 21.7 Å². The molecule has 0 bridgehead atoms. The number of sulfone groups is 1. The fourth-order valence-electron chi connectivity index (χ4n) is 2.62. The van der Waals surface area contributed by atoms with Gasteiger partial charge in [0.2, 0.25) is 26.6 Å². The fraction of sp³-hybridized carbons (Fsp3) is 0.0500. The predicted molar refractivity (Wildman–Crippen MR) is 108 cm³/mol. The van der Waals surface area contributed by atoms with E-state index in [1.165, 1.54) is 23.5 Å². The van der Waals surface area contributed by atoms with Crippen molar-refractivity contribution in [3.8, 4) is 16.5 Å². The Kier molecular flexibility index (Phi) is 4.89. The van der Waals surface area contributed by atoms with Crippen LogP contribution in [0.4, 0.5) is 11.6 Å². The number of thiophene rings is 1. The lowest BCUT2D eigenvalue weighted by atomic mass is 10.3. The maximum absolute atomic E-state index is 13.2. The van der Waals surface area contributed by atoms with Crippen LogP contribution in [0.5, 0.6) is 5.75 Å². The summed E-state index contributed by atoms with van der Waals surface area (Å²) >= 11 is 1.42. The molecule has 0 radical (unpaired) electrons. The summed E-state index contributed by atoms with van der Waals surface area (Å²) in [5.41, 5.74) is 0.623. The smallest absolute Gasteiger partial charge is 0.240 e. The first kappa shape index (κ1) is 18.3. The molecule has 4 rings (SSSR count). The van der Waals surface area contributed by atoms with Crippen LogP contribution in [0.2, 0.25) is 0 Å². The van der Waals surface area contributed by atoms with Gasteiger partial charge in [0.25, 0.3) is 0 Å². The normalized spacial score (nSPS) is 11.3. The number of anilines is 2. The minimum atomic E-state index is -3.87. The summed E-state index contributed by atoms with van der Waals surface area (Å²) in [6.07, 6.45) is 0. The van der Waals surface area contributed by atoms with Crippen LogP contribution in [0.3, 0.4) is 0 Å². The van der Waals surface area contributed by atoms with E-state index in [4.69, 9.17) is 9.15 Å². The number of hydrogen-bond acceptors (Lipinski definition) is 7. The van der Waals surface area contributed by atoms with E-state index in [2.05, 4.69) is 10.3 Å². The lowest BCUT2D eigenvalue weighted by Crippen LogP contribution is -2.05. The number of ether oxygens (including phenoxy) is 1. The van der Waals surface area contributed by atoms with Gasteiger partial charge in [-0.15, -0.1) is 11.3 Å². The van der Waals surface area contributed by atoms with Crippen molar-refractivity contribution >= 4 is 32.7 Å². The third-order valence-corrected chi connectivity index (χ3v) is 6.50. The zero-order chi connectivity index (χ0) is 19.6. The zero-order valence-corrected chi connectivity index (χ0v) is 16.5. The Morgan fingerprint density at radius 1 is 1.04 bits per heavy atom. The van der Waals surface area contributed by atoms with E-state index in [0.717, 1.165) is 4.88 Å². The van der Waals surface area contributed by atoms with Crippen LogP contribution < -0.4 is 10.1 Å². The van der Waals surface area contributed by atoms with E-state index >= 15 is 0 Å². The molecule has 2 aromatic heterocycles. The van der Waals surface area contributed by atoms with Gasteiger partial charge < -0.3 is 14.5 Å². The second-order valence-electron chi connectivity index (χ2n) is 5.80. The molecular formula is C20H16N2O4S2. The third kappa shape index (κ3) is 3.51. The topological polar surface area (TPSA) is 81.4 Å². The first-order chi connectivity index (χ1) is 13.6. The number of hydrogen-bond donors (Lipinski definition) is 1. The molecule has 6 nitrogen and oxygen atoms in total. The van der Waals surface area contributed by atoms with Gasteiger partial charge in [-0.3, -0.25) is 0 Å². The number of aromatic nitrogens is 1. The van der Waals surface area contributed by atoms with Gasteiger partial charge in [-0.2, -0.15) is 4.98 Å². The van der Waals surface area contributed by atoms with Gasteiger partial charge in [-0.1, -0.05) is 30.3 Å². The Morgan fingerprint density at radius 3 is 2.57 bits per heavy atom. The number of rotatable bonds is 6. The van der Waals surface area contributed by atoms with E-state index in [0.29, 0.717) is 11.4 Å². The van der Waals surface area contributed by atoms with Gasteiger partial charge in [-0.05, 0) is 35.7 Å². The van der Waals surface area contributed by atoms with E-state index in [1.54, 1.807) is 49.6 Å². The average Bonchev–Trinajstić information content (AvgIpc) is 3.39. The monoisotopic (exact) mass is 412 g/mol. The van der Waals surface area contributed by atoms with Gasteiger partial charge >= 0.3 is 0 Å². The maximum atomic E-state index is 13.2. The predicted octanol–water partition coefficient (Wildman–Crippen LogP) is 4.99. The SMILES string of the molecule is COc1cccc(Nc2oc(-c3cccs3)nc2S(=O)(=O)c2ccccc2)c1. The number of nitrogens with zero attached hydrogens (tertiary/aromatic N) is 1. The van der Waals surface area contributed by atoms with E-state index < -0.39 is 9.84 Å². The molecule has 0 unspecified atom stereocenters. The van der Waals surface area contributed by atoms with Crippen molar-refractivity contribution in [3.63, 3.8) is 0 Å². The number of nitrogens with one attached hydrogen (secondary N) is 1. The molecule has 142 valence electrons. The summed E-state index contributed by atoms with van der Waals surface area (Å²) in [6.45, 7) is 0. The molecule has 0 saturated carbocycles. The standard InChI is InChI=1S/C20H16N2O4S2/c1-25-15-8-5-7-14(13-15)21-19-20(22-18(26-19)17-11-6-12-27-17)28(23,24)16-9-3-2-4-10-16/h2-13,21H,1H3. The van der Waals surface area contributed by atoms with E-state index in [9.17, 15) is 8.42 Å². The fourth-order valence-corrected chi connectivity index (χ4v) is 4.54. The van der Waals surface area contributed by atoms with Crippen molar-refractivity contribution in [3.05, 3.63) is 72.1 Å². The molecule has 0 amide bonds. The van der Waals surface area contributed by atoms with Gasteiger partial charge in [0.15, 0.2) is 0 Å². The summed E-state index contributed by atoms with van der Waals surface area (Å²) in [7, 11) is -2.31. The third-order valence-electron chi connectivity index (χ3n) is 3.96. The van der Waals surface area contributed by atoms with E-state index in [1.807, 2.05) is 17.5 Å². The highest BCUT2D eigenvalue weighted by Gasteiger charge is 2.28. The van der Waals surface area contributed by atoms with Gasteiger partial charge in [0.05, 0.1) is 16.9 Å². The number of methoxy groups -OCH3 is 1. The molecular weight excluding hydrogens is 396 g/mol. The molecule has 2 aromatic carbocycles.